The van der Waals surface area contributed by atoms with E-state index in [1.54, 1.807) is 0 Å². The van der Waals surface area contributed by atoms with E-state index >= 15 is 0 Å². The summed E-state index contributed by atoms with van der Waals surface area (Å²) in [4.78, 5) is 15.3. The first-order chi connectivity index (χ1) is 34.9. The molecule has 71 heavy (non-hydrogen) atoms. The molecular weight excluding hydrogens is 863 g/mol. The molecule has 0 amide bonds. The zero-order chi connectivity index (χ0) is 47.2. The molecule has 14 rings (SSSR count). The van der Waals surface area contributed by atoms with Crippen LogP contribution >= 0.6 is 0 Å². The highest BCUT2D eigenvalue weighted by Crippen LogP contribution is 2.51. The van der Waals surface area contributed by atoms with Crippen molar-refractivity contribution in [2.24, 2.45) is 0 Å². The van der Waals surface area contributed by atoms with Crippen LogP contribution in [0.3, 0.4) is 0 Å². The zero-order valence-corrected chi connectivity index (χ0v) is 39.5. The second-order valence-corrected chi connectivity index (χ2v) is 19.6. The molecule has 2 aliphatic rings. The second kappa shape index (κ2) is 16.1. The van der Waals surface area contributed by atoms with Gasteiger partial charge >= 0.3 is 0 Å². The van der Waals surface area contributed by atoms with Gasteiger partial charge in [0.2, 0.25) is 0 Å². The van der Waals surface area contributed by atoms with E-state index in [-0.39, 0.29) is 11.3 Å². The lowest BCUT2D eigenvalue weighted by molar-refractivity contribution is 0.661. The molecule has 2 aliphatic carbocycles. The first-order valence-electron chi connectivity index (χ1n) is 24.6. The highest BCUT2D eigenvalue weighted by atomic mass is 15.0. The molecule has 3 heterocycles. The number of aromatic nitrogens is 5. The summed E-state index contributed by atoms with van der Waals surface area (Å²) in [5.41, 5.74) is 18.7. The summed E-state index contributed by atoms with van der Waals surface area (Å²) < 4.78 is 4.90. The van der Waals surface area contributed by atoms with Crippen molar-refractivity contribution in [3.05, 3.63) is 248 Å². The van der Waals surface area contributed by atoms with Crippen LogP contribution in [-0.2, 0) is 5.41 Å². The Kier molecular flexibility index (Phi) is 9.30. The molecule has 0 saturated carbocycles. The lowest BCUT2D eigenvalue weighted by Crippen LogP contribution is -2.14. The van der Waals surface area contributed by atoms with Crippen LogP contribution in [0.15, 0.2) is 231 Å². The van der Waals surface area contributed by atoms with Crippen LogP contribution in [0, 0.1) is 0 Å². The summed E-state index contributed by atoms with van der Waals surface area (Å²) in [6.45, 7) is 4.74. The van der Waals surface area contributed by atoms with Crippen molar-refractivity contribution in [2.75, 3.05) is 0 Å². The molecule has 5 nitrogen and oxygen atoms in total. The standard InChI is InChI=1S/C66H47N5/c1-66(2)57-30-14-12-28-51(57)55-40-56-54-35-33-47(46-32-34-53-52-29-13-15-31-59(52)70(60(53)38-46)49-25-10-5-11-26-49)39-61(54)71(62(56)41-58(55)66)50-27-17-23-45(37-50)44-22-16-24-48(36-44)65-68-63(42-18-6-3-7-19-42)67-64(69-65)43-20-8-4-9-21-43/h3-20,22-41,43H,21H2,1-2H3. The summed E-state index contributed by atoms with van der Waals surface area (Å²) in [6.07, 6.45) is 9.40. The number of allylic oxidation sites excluding steroid dienone is 4. The van der Waals surface area contributed by atoms with Gasteiger partial charge in [0.15, 0.2) is 11.6 Å². The molecule has 5 heteroatoms. The molecule has 0 bridgehead atoms. The average molecular weight is 910 g/mol. The van der Waals surface area contributed by atoms with Crippen LogP contribution < -0.4 is 0 Å². The topological polar surface area (TPSA) is 48.5 Å². The van der Waals surface area contributed by atoms with Crippen LogP contribution in [-0.4, -0.2) is 24.1 Å². The minimum absolute atomic E-state index is 0.0839. The van der Waals surface area contributed by atoms with E-state index in [4.69, 9.17) is 15.0 Å². The maximum Gasteiger partial charge on any atom is 0.163 e. The SMILES string of the molecule is CC1(C)c2ccccc2-c2cc3c4ccc(-c5ccc6c7ccccc7n(-c7ccccc7)c6c5)cc4n(-c4cccc(-c5cccc(-c6nc(-c7ccccc7)nc(C7C=CC=CC7)n6)c5)c4)c3cc21. The van der Waals surface area contributed by atoms with E-state index < -0.39 is 0 Å². The lowest BCUT2D eigenvalue weighted by Gasteiger charge is -2.21. The molecule has 3 aromatic heterocycles. The van der Waals surface area contributed by atoms with E-state index in [0.29, 0.717) is 11.6 Å². The number of rotatable bonds is 7. The fourth-order valence-corrected chi connectivity index (χ4v) is 11.5. The molecule has 0 spiro atoms. The fraction of sp³-hybridized carbons (Fsp3) is 0.0758. The largest absolute Gasteiger partial charge is 0.309 e. The van der Waals surface area contributed by atoms with Gasteiger partial charge < -0.3 is 9.13 Å². The fourth-order valence-electron chi connectivity index (χ4n) is 11.5. The van der Waals surface area contributed by atoms with E-state index in [9.17, 15) is 0 Å². The molecule has 0 saturated heterocycles. The summed E-state index contributed by atoms with van der Waals surface area (Å²) in [5.74, 6) is 2.22. The highest BCUT2D eigenvalue weighted by molar-refractivity contribution is 6.13. The third kappa shape index (κ3) is 6.65. The molecule has 1 atom stereocenters. The van der Waals surface area contributed by atoms with Crippen molar-refractivity contribution in [1.29, 1.82) is 0 Å². The summed E-state index contributed by atoms with van der Waals surface area (Å²) in [5, 5.41) is 4.96. The maximum absolute atomic E-state index is 5.14. The van der Waals surface area contributed by atoms with E-state index in [1.165, 1.54) is 77.0 Å². The number of nitrogens with zero attached hydrogens (tertiary/aromatic N) is 5. The summed E-state index contributed by atoms with van der Waals surface area (Å²) >= 11 is 0. The third-order valence-corrected chi connectivity index (χ3v) is 15.0. The van der Waals surface area contributed by atoms with Gasteiger partial charge in [-0.15, -0.1) is 0 Å². The number of hydrogen-bond donors (Lipinski definition) is 0. The van der Waals surface area contributed by atoms with Crippen molar-refractivity contribution in [3.63, 3.8) is 0 Å². The molecule has 0 N–H and O–H groups in total. The molecule has 0 fully saturated rings. The van der Waals surface area contributed by atoms with Crippen molar-refractivity contribution < 1.29 is 0 Å². The van der Waals surface area contributed by atoms with E-state index in [0.717, 1.165) is 45.9 Å². The van der Waals surface area contributed by atoms with Crippen molar-refractivity contribution in [1.82, 2.24) is 24.1 Å². The van der Waals surface area contributed by atoms with Gasteiger partial charge in [0.25, 0.3) is 0 Å². The molecule has 9 aromatic carbocycles. The first kappa shape index (κ1) is 41.1. The molecule has 336 valence electrons. The van der Waals surface area contributed by atoms with Gasteiger partial charge in [0, 0.05) is 55.4 Å². The second-order valence-electron chi connectivity index (χ2n) is 19.6. The maximum atomic E-state index is 5.14. The monoisotopic (exact) mass is 909 g/mol. The van der Waals surface area contributed by atoms with Crippen molar-refractivity contribution >= 4 is 43.6 Å². The van der Waals surface area contributed by atoms with E-state index in [2.05, 4.69) is 235 Å². The zero-order valence-electron chi connectivity index (χ0n) is 39.5. The Balaban J connectivity index is 0.941. The Labute approximate surface area is 412 Å². The Morgan fingerprint density at radius 1 is 0.394 bits per heavy atom. The van der Waals surface area contributed by atoms with Crippen LogP contribution in [0.4, 0.5) is 0 Å². The Hall–Kier alpha value is -8.93. The van der Waals surface area contributed by atoms with Crippen molar-refractivity contribution in [2.45, 2.75) is 31.6 Å². The molecular formula is C66H47N5. The van der Waals surface area contributed by atoms with Crippen LogP contribution in [0.1, 0.15) is 43.1 Å². The third-order valence-electron chi connectivity index (χ3n) is 15.0. The van der Waals surface area contributed by atoms with E-state index in [1.807, 2.05) is 18.2 Å². The lowest BCUT2D eigenvalue weighted by atomic mass is 9.82. The van der Waals surface area contributed by atoms with Gasteiger partial charge in [-0.25, -0.2) is 15.0 Å². The van der Waals surface area contributed by atoms with Gasteiger partial charge in [0.1, 0.15) is 5.82 Å². The van der Waals surface area contributed by atoms with Gasteiger partial charge in [-0.3, -0.25) is 0 Å². The smallest absolute Gasteiger partial charge is 0.163 e. The van der Waals surface area contributed by atoms with Crippen LogP contribution in [0.25, 0.3) is 111 Å². The normalized spacial score (nSPS) is 14.7. The molecule has 12 aromatic rings. The van der Waals surface area contributed by atoms with Gasteiger partial charge in [-0.05, 0) is 112 Å². The molecule has 0 aliphatic heterocycles. The molecule has 0 radical (unpaired) electrons. The van der Waals surface area contributed by atoms with Crippen LogP contribution in [0.5, 0.6) is 0 Å². The van der Waals surface area contributed by atoms with Crippen LogP contribution in [0.2, 0.25) is 0 Å². The predicted octanol–water partition coefficient (Wildman–Crippen LogP) is 16.6. The number of hydrogen-bond acceptors (Lipinski definition) is 3. The van der Waals surface area contributed by atoms with Crippen molar-refractivity contribution in [3.8, 4) is 67.5 Å². The number of fused-ring (bicyclic) bond motifs is 9. The minimum Gasteiger partial charge on any atom is -0.309 e. The predicted molar refractivity (Wildman–Crippen MR) is 293 cm³/mol. The van der Waals surface area contributed by atoms with Gasteiger partial charge in [0.05, 0.1) is 22.1 Å². The molecule has 1 unspecified atom stereocenters. The average Bonchev–Trinajstić information content (AvgIpc) is 4.02. The number of para-hydroxylation sites is 2. The Morgan fingerprint density at radius 3 is 1.75 bits per heavy atom. The highest BCUT2D eigenvalue weighted by Gasteiger charge is 2.36. The van der Waals surface area contributed by atoms with Gasteiger partial charge in [-0.1, -0.05) is 184 Å². The quantitative estimate of drug-likeness (QED) is 0.160. The summed E-state index contributed by atoms with van der Waals surface area (Å²) in [7, 11) is 0. The Morgan fingerprint density at radius 2 is 0.972 bits per heavy atom. The van der Waals surface area contributed by atoms with Gasteiger partial charge in [-0.2, -0.15) is 0 Å². The summed E-state index contributed by atoms with van der Waals surface area (Å²) in [6, 6.07) is 75.3. The minimum atomic E-state index is -0.152. The first-order valence-corrected chi connectivity index (χ1v) is 24.6. The Bertz CT molecular complexity index is 4170. The number of benzene rings is 9.